The zero-order chi connectivity index (χ0) is 30.7. The Balaban J connectivity index is 1.61. The molecule has 4 rings (SSSR count). The molecule has 3 aromatic carbocycles. The van der Waals surface area contributed by atoms with Crippen molar-refractivity contribution in [3.8, 4) is 0 Å². The third-order valence-corrected chi connectivity index (χ3v) is 8.55. The standard InChI is InChI=1S/C32H39FN4O5S/c1-43(40,41)36(23-27-10-6-3-7-11-27)25-31(38)37(24-28-12-14-29(33)15-13-28)30(22-26-8-4-2-5-9-26)32(39)34-16-17-35-18-20-42-21-19-35/h2-15,30H,16-25H2,1H3,(H,34,39). The lowest BCUT2D eigenvalue weighted by Crippen LogP contribution is -2.54. The van der Waals surface area contributed by atoms with E-state index in [1.807, 2.05) is 36.4 Å². The van der Waals surface area contributed by atoms with Crippen molar-refractivity contribution < 1.29 is 27.1 Å². The Labute approximate surface area is 253 Å². The van der Waals surface area contributed by atoms with Crippen molar-refractivity contribution in [3.63, 3.8) is 0 Å². The van der Waals surface area contributed by atoms with E-state index >= 15 is 0 Å². The van der Waals surface area contributed by atoms with E-state index < -0.39 is 34.3 Å². The summed E-state index contributed by atoms with van der Waals surface area (Å²) in [6.07, 6.45) is 1.28. The second-order valence-electron chi connectivity index (χ2n) is 10.6. The number of halogens is 1. The highest BCUT2D eigenvalue weighted by atomic mass is 32.2. The molecule has 230 valence electrons. The monoisotopic (exact) mass is 610 g/mol. The molecule has 1 saturated heterocycles. The normalized spacial score (nSPS) is 14.8. The van der Waals surface area contributed by atoms with Crippen LogP contribution in [0, 0.1) is 5.82 Å². The quantitative estimate of drug-likeness (QED) is 0.302. The van der Waals surface area contributed by atoms with Crippen LogP contribution < -0.4 is 5.32 Å². The molecule has 1 heterocycles. The maximum atomic E-state index is 14.1. The van der Waals surface area contributed by atoms with Crippen molar-refractivity contribution in [1.29, 1.82) is 0 Å². The molecule has 0 aliphatic carbocycles. The summed E-state index contributed by atoms with van der Waals surface area (Å²) in [4.78, 5) is 31.5. The van der Waals surface area contributed by atoms with E-state index in [1.165, 1.54) is 17.0 Å². The van der Waals surface area contributed by atoms with Gasteiger partial charge in [-0.25, -0.2) is 12.8 Å². The van der Waals surface area contributed by atoms with Crippen LogP contribution >= 0.6 is 0 Å². The first-order valence-corrected chi connectivity index (χ1v) is 16.2. The molecule has 3 aromatic rings. The number of hydrogen-bond acceptors (Lipinski definition) is 6. The molecular formula is C32H39FN4O5S. The van der Waals surface area contributed by atoms with Gasteiger partial charge in [-0.15, -0.1) is 0 Å². The minimum atomic E-state index is -3.78. The van der Waals surface area contributed by atoms with Crippen LogP contribution in [0.15, 0.2) is 84.9 Å². The van der Waals surface area contributed by atoms with Crippen LogP contribution in [-0.4, -0.2) is 92.6 Å². The minimum Gasteiger partial charge on any atom is -0.379 e. The predicted molar refractivity (Wildman–Crippen MR) is 163 cm³/mol. The molecule has 11 heteroatoms. The van der Waals surface area contributed by atoms with Crippen molar-refractivity contribution in [3.05, 3.63) is 107 Å². The maximum absolute atomic E-state index is 14.1. The van der Waals surface area contributed by atoms with Crippen LogP contribution in [0.4, 0.5) is 4.39 Å². The molecular weight excluding hydrogens is 571 g/mol. The van der Waals surface area contributed by atoms with E-state index in [-0.39, 0.29) is 25.4 Å². The number of sulfonamides is 1. The second-order valence-corrected chi connectivity index (χ2v) is 12.6. The minimum absolute atomic E-state index is 0.00354. The van der Waals surface area contributed by atoms with Crippen LogP contribution in [-0.2, 0) is 43.9 Å². The number of rotatable bonds is 14. The number of ether oxygens (including phenoxy) is 1. The average molecular weight is 611 g/mol. The molecule has 0 spiro atoms. The first-order valence-electron chi connectivity index (χ1n) is 14.3. The van der Waals surface area contributed by atoms with E-state index in [0.717, 1.165) is 34.8 Å². The highest BCUT2D eigenvalue weighted by Crippen LogP contribution is 2.17. The molecule has 0 radical (unpaired) electrons. The number of nitrogens with one attached hydrogen (secondary N) is 1. The Morgan fingerprint density at radius 3 is 2.07 bits per heavy atom. The summed E-state index contributed by atoms with van der Waals surface area (Å²) in [6, 6.07) is 23.1. The number of hydrogen-bond donors (Lipinski definition) is 1. The van der Waals surface area contributed by atoms with Gasteiger partial charge in [0.1, 0.15) is 11.9 Å². The Bertz CT molecular complexity index is 1420. The molecule has 0 saturated carbocycles. The van der Waals surface area contributed by atoms with Crippen LogP contribution in [0.3, 0.4) is 0 Å². The fraction of sp³-hybridized carbons (Fsp3) is 0.375. The van der Waals surface area contributed by atoms with Crippen molar-refractivity contribution in [2.24, 2.45) is 0 Å². The Hall–Kier alpha value is -3.64. The summed E-state index contributed by atoms with van der Waals surface area (Å²) in [5.74, 6) is -1.30. The number of morpholine rings is 1. The Kier molecular flexibility index (Phi) is 11.8. The third kappa shape index (κ3) is 10.2. The van der Waals surface area contributed by atoms with E-state index in [9.17, 15) is 22.4 Å². The number of carbonyl (C=O) groups excluding carboxylic acids is 2. The zero-order valence-corrected chi connectivity index (χ0v) is 25.2. The van der Waals surface area contributed by atoms with Crippen LogP contribution in [0.2, 0.25) is 0 Å². The first-order chi connectivity index (χ1) is 20.7. The van der Waals surface area contributed by atoms with E-state index in [0.29, 0.717) is 31.9 Å². The van der Waals surface area contributed by atoms with Crippen LogP contribution in [0.25, 0.3) is 0 Å². The molecule has 1 atom stereocenters. The van der Waals surface area contributed by atoms with Gasteiger partial charge >= 0.3 is 0 Å². The number of nitrogens with zero attached hydrogens (tertiary/aromatic N) is 3. The van der Waals surface area contributed by atoms with Gasteiger partial charge in [0.25, 0.3) is 0 Å². The topological polar surface area (TPSA) is 99.3 Å². The van der Waals surface area contributed by atoms with Crippen molar-refractivity contribution in [2.75, 3.05) is 52.2 Å². The van der Waals surface area contributed by atoms with Gasteiger partial charge < -0.3 is 15.0 Å². The Morgan fingerprint density at radius 2 is 1.47 bits per heavy atom. The largest absolute Gasteiger partial charge is 0.379 e. The predicted octanol–water partition coefficient (Wildman–Crippen LogP) is 2.68. The fourth-order valence-corrected chi connectivity index (χ4v) is 5.67. The number of amides is 2. The highest BCUT2D eigenvalue weighted by molar-refractivity contribution is 7.88. The lowest BCUT2D eigenvalue weighted by molar-refractivity contribution is -0.141. The molecule has 1 aliphatic rings. The lowest BCUT2D eigenvalue weighted by atomic mass is 10.0. The van der Waals surface area contributed by atoms with E-state index in [4.69, 9.17) is 4.74 Å². The molecule has 1 aliphatic heterocycles. The molecule has 1 unspecified atom stereocenters. The van der Waals surface area contributed by atoms with Gasteiger partial charge in [0.05, 0.1) is 26.0 Å². The smallest absolute Gasteiger partial charge is 0.243 e. The van der Waals surface area contributed by atoms with Gasteiger partial charge in [0.2, 0.25) is 21.8 Å². The maximum Gasteiger partial charge on any atom is 0.243 e. The van der Waals surface area contributed by atoms with Crippen molar-refractivity contribution in [1.82, 2.24) is 19.4 Å². The van der Waals surface area contributed by atoms with Gasteiger partial charge in [0.15, 0.2) is 0 Å². The van der Waals surface area contributed by atoms with Crippen molar-refractivity contribution >= 4 is 21.8 Å². The zero-order valence-electron chi connectivity index (χ0n) is 24.4. The highest BCUT2D eigenvalue weighted by Gasteiger charge is 2.33. The third-order valence-electron chi connectivity index (χ3n) is 7.35. The summed E-state index contributed by atoms with van der Waals surface area (Å²) >= 11 is 0. The van der Waals surface area contributed by atoms with Gasteiger partial charge in [-0.2, -0.15) is 4.31 Å². The summed E-state index contributed by atoms with van der Waals surface area (Å²) in [5, 5.41) is 3.00. The molecule has 9 nitrogen and oxygen atoms in total. The molecule has 1 N–H and O–H groups in total. The Morgan fingerprint density at radius 1 is 0.884 bits per heavy atom. The molecule has 0 aromatic heterocycles. The van der Waals surface area contributed by atoms with E-state index in [1.54, 1.807) is 36.4 Å². The van der Waals surface area contributed by atoms with Crippen molar-refractivity contribution in [2.45, 2.75) is 25.6 Å². The SMILES string of the molecule is CS(=O)(=O)N(CC(=O)N(Cc1ccc(F)cc1)C(Cc1ccccc1)C(=O)NCCN1CCOCC1)Cc1ccccc1. The van der Waals surface area contributed by atoms with E-state index in [2.05, 4.69) is 10.2 Å². The summed E-state index contributed by atoms with van der Waals surface area (Å²) in [6.45, 7) is 3.41. The summed E-state index contributed by atoms with van der Waals surface area (Å²) < 4.78 is 45.8. The number of benzene rings is 3. The second kappa shape index (κ2) is 15.7. The fourth-order valence-electron chi connectivity index (χ4n) is 4.94. The van der Waals surface area contributed by atoms with Gasteiger partial charge in [-0.3, -0.25) is 14.5 Å². The number of carbonyl (C=O) groups is 2. The van der Waals surface area contributed by atoms with Gasteiger partial charge in [0, 0.05) is 45.7 Å². The van der Waals surface area contributed by atoms with Crippen LogP contribution in [0.1, 0.15) is 16.7 Å². The molecule has 2 amide bonds. The van der Waals surface area contributed by atoms with Gasteiger partial charge in [-0.05, 0) is 28.8 Å². The molecule has 0 bridgehead atoms. The summed E-state index contributed by atoms with van der Waals surface area (Å²) in [7, 11) is -3.78. The van der Waals surface area contributed by atoms with Gasteiger partial charge in [-0.1, -0.05) is 72.8 Å². The lowest BCUT2D eigenvalue weighted by Gasteiger charge is -2.33. The van der Waals surface area contributed by atoms with Crippen LogP contribution in [0.5, 0.6) is 0 Å². The molecule has 1 fully saturated rings. The first kappa shape index (κ1) is 32.3. The average Bonchev–Trinajstić information content (AvgIpc) is 3.00. The molecule has 43 heavy (non-hydrogen) atoms. The summed E-state index contributed by atoms with van der Waals surface area (Å²) in [5.41, 5.74) is 2.19.